The first kappa shape index (κ1) is 12.7. The minimum atomic E-state index is -0.813. The average molecular weight is 277 g/mol. The molecular formula is C13H12FN3O3. The van der Waals surface area contributed by atoms with Crippen molar-refractivity contribution in [3.8, 4) is 0 Å². The Morgan fingerprint density at radius 3 is 2.70 bits per heavy atom. The van der Waals surface area contributed by atoms with Crippen LogP contribution in [0.15, 0.2) is 12.1 Å². The number of halogens is 1. The highest BCUT2D eigenvalue weighted by molar-refractivity contribution is 6.09. The molecule has 1 atom stereocenters. The van der Waals surface area contributed by atoms with E-state index in [1.54, 1.807) is 0 Å². The van der Waals surface area contributed by atoms with Gasteiger partial charge in [-0.3, -0.25) is 19.7 Å². The maximum atomic E-state index is 13.7. The first-order valence-electron chi connectivity index (χ1n) is 6.17. The van der Waals surface area contributed by atoms with Crippen molar-refractivity contribution in [1.82, 2.24) is 10.2 Å². The van der Waals surface area contributed by atoms with Crippen LogP contribution in [-0.4, -0.2) is 28.7 Å². The largest absolute Gasteiger partial charge is 0.326 e. The molecule has 3 N–H and O–H groups in total. The summed E-state index contributed by atoms with van der Waals surface area (Å²) < 4.78 is 13.7. The highest BCUT2D eigenvalue weighted by atomic mass is 19.1. The standard InChI is InChI=1S/C13H12FN3O3/c14-9-2-8-7(1-6(9)4-15)5-17(13(8)20)10-3-11(18)16-12(10)19/h1-2,10H,3-5,15H2,(H,16,18,19). The van der Waals surface area contributed by atoms with Gasteiger partial charge in [0.05, 0.1) is 6.42 Å². The Kier molecular flexibility index (Phi) is 2.79. The molecule has 0 aliphatic carbocycles. The van der Waals surface area contributed by atoms with E-state index in [0.717, 1.165) is 6.07 Å². The molecule has 1 aromatic carbocycles. The molecule has 1 fully saturated rings. The summed E-state index contributed by atoms with van der Waals surface area (Å²) in [6.07, 6.45) is -0.0508. The second-order valence-electron chi connectivity index (χ2n) is 4.87. The van der Waals surface area contributed by atoms with Gasteiger partial charge in [-0.15, -0.1) is 0 Å². The van der Waals surface area contributed by atoms with Crippen LogP contribution in [0.1, 0.15) is 27.9 Å². The number of nitrogens with one attached hydrogen (secondary N) is 1. The Hall–Kier alpha value is -2.28. The highest BCUT2D eigenvalue weighted by Crippen LogP contribution is 2.29. The molecule has 20 heavy (non-hydrogen) atoms. The number of fused-ring (bicyclic) bond motifs is 1. The third-order valence-electron chi connectivity index (χ3n) is 3.64. The lowest BCUT2D eigenvalue weighted by molar-refractivity contribution is -0.126. The molecule has 0 saturated carbocycles. The summed E-state index contributed by atoms with van der Waals surface area (Å²) in [5.74, 6) is -1.86. The number of hydrogen-bond donors (Lipinski definition) is 2. The predicted octanol–water partition coefficient (Wildman–Crippen LogP) is -0.345. The number of carbonyl (C=O) groups excluding carboxylic acids is 3. The third-order valence-corrected chi connectivity index (χ3v) is 3.64. The summed E-state index contributed by atoms with van der Waals surface area (Å²) in [5, 5.41) is 2.16. The fourth-order valence-electron chi connectivity index (χ4n) is 2.61. The molecule has 104 valence electrons. The number of imide groups is 1. The van der Waals surface area contributed by atoms with Crippen LogP contribution in [0.4, 0.5) is 4.39 Å². The number of hydrogen-bond acceptors (Lipinski definition) is 4. The van der Waals surface area contributed by atoms with Gasteiger partial charge in [0.25, 0.3) is 5.91 Å². The second-order valence-corrected chi connectivity index (χ2v) is 4.87. The zero-order valence-electron chi connectivity index (χ0n) is 10.5. The van der Waals surface area contributed by atoms with Crippen molar-refractivity contribution in [3.63, 3.8) is 0 Å². The van der Waals surface area contributed by atoms with Crippen molar-refractivity contribution < 1.29 is 18.8 Å². The van der Waals surface area contributed by atoms with Crippen molar-refractivity contribution in [3.05, 3.63) is 34.6 Å². The van der Waals surface area contributed by atoms with E-state index in [1.165, 1.54) is 11.0 Å². The third kappa shape index (κ3) is 1.78. The van der Waals surface area contributed by atoms with Crippen molar-refractivity contribution in [2.24, 2.45) is 5.73 Å². The zero-order valence-corrected chi connectivity index (χ0v) is 10.5. The fraction of sp³-hybridized carbons (Fsp3) is 0.308. The van der Waals surface area contributed by atoms with E-state index in [1.807, 2.05) is 0 Å². The van der Waals surface area contributed by atoms with Crippen LogP contribution >= 0.6 is 0 Å². The minimum Gasteiger partial charge on any atom is -0.326 e. The lowest BCUT2D eigenvalue weighted by atomic mass is 10.1. The topological polar surface area (TPSA) is 92.5 Å². The highest BCUT2D eigenvalue weighted by Gasteiger charge is 2.41. The molecule has 1 saturated heterocycles. The van der Waals surface area contributed by atoms with Crippen LogP contribution in [0.3, 0.4) is 0 Å². The van der Waals surface area contributed by atoms with Crippen LogP contribution in [0.2, 0.25) is 0 Å². The van der Waals surface area contributed by atoms with E-state index in [0.29, 0.717) is 11.1 Å². The molecule has 2 heterocycles. The van der Waals surface area contributed by atoms with Crippen molar-refractivity contribution in [2.45, 2.75) is 25.6 Å². The second kappa shape index (κ2) is 4.38. The van der Waals surface area contributed by atoms with Gasteiger partial charge in [0.15, 0.2) is 0 Å². The fourth-order valence-corrected chi connectivity index (χ4v) is 2.61. The number of rotatable bonds is 2. The van der Waals surface area contributed by atoms with Gasteiger partial charge in [-0.1, -0.05) is 0 Å². The average Bonchev–Trinajstić information content (AvgIpc) is 2.89. The van der Waals surface area contributed by atoms with Gasteiger partial charge in [-0.25, -0.2) is 4.39 Å². The lowest BCUT2D eigenvalue weighted by Gasteiger charge is -2.20. The molecule has 1 aromatic rings. The lowest BCUT2D eigenvalue weighted by Crippen LogP contribution is -2.40. The molecule has 3 amide bonds. The number of carbonyl (C=O) groups is 3. The molecule has 1 unspecified atom stereocenters. The molecule has 0 spiro atoms. The molecule has 2 aliphatic rings. The summed E-state index contributed by atoms with van der Waals surface area (Å²) in [6.45, 7) is 0.225. The number of nitrogens with two attached hydrogens (primary N) is 1. The molecule has 6 nitrogen and oxygen atoms in total. The van der Waals surface area contributed by atoms with Crippen molar-refractivity contribution in [2.75, 3.05) is 0 Å². The number of benzene rings is 1. The van der Waals surface area contributed by atoms with Crippen molar-refractivity contribution >= 4 is 17.7 Å². The molecule has 3 rings (SSSR count). The van der Waals surface area contributed by atoms with Gasteiger partial charge in [-0.05, 0) is 17.7 Å². The van der Waals surface area contributed by atoms with E-state index in [-0.39, 0.29) is 25.1 Å². The van der Waals surface area contributed by atoms with E-state index < -0.39 is 29.6 Å². The van der Waals surface area contributed by atoms with Crippen LogP contribution in [0.5, 0.6) is 0 Å². The Morgan fingerprint density at radius 2 is 2.10 bits per heavy atom. The summed E-state index contributed by atoms with van der Waals surface area (Å²) >= 11 is 0. The summed E-state index contributed by atoms with van der Waals surface area (Å²) in [6, 6.07) is 1.87. The van der Waals surface area contributed by atoms with E-state index in [2.05, 4.69) is 5.32 Å². The molecule has 2 aliphatic heterocycles. The maximum Gasteiger partial charge on any atom is 0.255 e. The monoisotopic (exact) mass is 277 g/mol. The maximum absolute atomic E-state index is 13.7. The molecule has 0 aromatic heterocycles. The first-order valence-corrected chi connectivity index (χ1v) is 6.17. The van der Waals surface area contributed by atoms with Gasteiger partial charge < -0.3 is 10.6 Å². The van der Waals surface area contributed by atoms with Crippen LogP contribution in [0.25, 0.3) is 0 Å². The van der Waals surface area contributed by atoms with Crippen LogP contribution < -0.4 is 11.1 Å². The van der Waals surface area contributed by atoms with Gasteiger partial charge in [0, 0.05) is 24.2 Å². The number of nitrogens with zero attached hydrogens (tertiary/aromatic N) is 1. The molecule has 0 radical (unpaired) electrons. The molecule has 0 bridgehead atoms. The summed E-state index contributed by atoms with van der Waals surface area (Å²) in [7, 11) is 0. The van der Waals surface area contributed by atoms with Gasteiger partial charge in [0.1, 0.15) is 11.9 Å². The van der Waals surface area contributed by atoms with Gasteiger partial charge in [-0.2, -0.15) is 0 Å². The van der Waals surface area contributed by atoms with E-state index >= 15 is 0 Å². The van der Waals surface area contributed by atoms with Crippen LogP contribution in [0, 0.1) is 5.82 Å². The molecule has 7 heteroatoms. The summed E-state index contributed by atoms with van der Waals surface area (Å²) in [5.41, 5.74) is 6.61. The zero-order chi connectivity index (χ0) is 14.4. The Balaban J connectivity index is 1.94. The predicted molar refractivity (Wildman–Crippen MR) is 65.7 cm³/mol. The Labute approximate surface area is 113 Å². The van der Waals surface area contributed by atoms with Gasteiger partial charge >= 0.3 is 0 Å². The SMILES string of the molecule is NCc1cc2c(cc1F)C(=O)N(C1CC(=O)NC1=O)C2. The van der Waals surface area contributed by atoms with Gasteiger partial charge in [0.2, 0.25) is 11.8 Å². The quantitative estimate of drug-likeness (QED) is 0.723. The smallest absolute Gasteiger partial charge is 0.255 e. The first-order chi connectivity index (χ1) is 9.51. The summed E-state index contributed by atoms with van der Waals surface area (Å²) in [4.78, 5) is 36.4. The van der Waals surface area contributed by atoms with E-state index in [9.17, 15) is 18.8 Å². The minimum absolute atomic E-state index is 0.0374. The number of amides is 3. The van der Waals surface area contributed by atoms with Crippen molar-refractivity contribution in [1.29, 1.82) is 0 Å². The Bertz CT molecular complexity index is 644. The Morgan fingerprint density at radius 1 is 1.35 bits per heavy atom. The molecular weight excluding hydrogens is 265 g/mol. The normalized spacial score (nSPS) is 21.4. The van der Waals surface area contributed by atoms with E-state index in [4.69, 9.17) is 5.73 Å². The van der Waals surface area contributed by atoms with Crippen LogP contribution in [-0.2, 0) is 22.7 Å².